The van der Waals surface area contributed by atoms with Crippen molar-refractivity contribution in [1.82, 2.24) is 4.98 Å². The lowest BCUT2D eigenvalue weighted by Crippen LogP contribution is -2.30. The van der Waals surface area contributed by atoms with Crippen LogP contribution >= 0.6 is 11.3 Å². The van der Waals surface area contributed by atoms with E-state index in [0.29, 0.717) is 5.92 Å². The van der Waals surface area contributed by atoms with E-state index in [4.69, 9.17) is 4.98 Å². The molecule has 21 heavy (non-hydrogen) atoms. The Bertz CT molecular complexity index is 663. The lowest BCUT2D eigenvalue weighted by molar-refractivity contribution is 0.112. The van der Waals surface area contributed by atoms with E-state index in [9.17, 15) is 4.79 Å². The van der Waals surface area contributed by atoms with Crippen molar-refractivity contribution in [3.05, 3.63) is 40.4 Å². The molecule has 0 saturated carbocycles. The van der Waals surface area contributed by atoms with Gasteiger partial charge in [-0.1, -0.05) is 50.3 Å². The van der Waals surface area contributed by atoms with E-state index >= 15 is 0 Å². The molecule has 3 nitrogen and oxygen atoms in total. The van der Waals surface area contributed by atoms with Crippen molar-refractivity contribution in [3.63, 3.8) is 0 Å². The normalized spacial score (nSPS) is 17.9. The highest BCUT2D eigenvalue weighted by atomic mass is 32.1. The molecule has 0 amide bonds. The van der Waals surface area contributed by atoms with E-state index in [1.807, 2.05) is 0 Å². The Morgan fingerprint density at radius 3 is 2.81 bits per heavy atom. The first-order valence-electron chi connectivity index (χ1n) is 7.41. The minimum absolute atomic E-state index is 0.271. The minimum atomic E-state index is 0.271. The van der Waals surface area contributed by atoms with Gasteiger partial charge < -0.3 is 4.90 Å². The van der Waals surface area contributed by atoms with Crippen LogP contribution in [-0.4, -0.2) is 17.8 Å². The molecule has 1 unspecified atom stereocenters. The van der Waals surface area contributed by atoms with Crippen LogP contribution in [0.15, 0.2) is 24.3 Å². The van der Waals surface area contributed by atoms with Gasteiger partial charge in [-0.15, -0.1) is 0 Å². The molecule has 0 spiro atoms. The van der Waals surface area contributed by atoms with E-state index in [1.54, 1.807) is 0 Å². The fourth-order valence-corrected chi connectivity index (χ4v) is 3.98. The number of anilines is 2. The average Bonchev–Trinajstić information content (AvgIpc) is 2.90. The molecule has 0 saturated heterocycles. The summed E-state index contributed by atoms with van der Waals surface area (Å²) in [6.07, 6.45) is 2.05. The zero-order valence-corrected chi connectivity index (χ0v) is 13.5. The number of thiazole rings is 1. The molecule has 4 heteroatoms. The van der Waals surface area contributed by atoms with Gasteiger partial charge >= 0.3 is 0 Å². The summed E-state index contributed by atoms with van der Waals surface area (Å²) in [5.41, 5.74) is 3.52. The highest BCUT2D eigenvalue weighted by Crippen LogP contribution is 2.38. The van der Waals surface area contributed by atoms with E-state index in [0.717, 1.165) is 35.0 Å². The van der Waals surface area contributed by atoms with Gasteiger partial charge in [-0.05, 0) is 29.9 Å². The van der Waals surface area contributed by atoms with Gasteiger partial charge in [0.15, 0.2) is 11.4 Å². The number of carbonyl (C=O) groups is 1. The second-order valence-corrected chi connectivity index (χ2v) is 7.08. The molecule has 0 aliphatic carbocycles. The fraction of sp³-hybridized carbons (Fsp3) is 0.412. The number of hydrogen-bond donors (Lipinski definition) is 0. The Morgan fingerprint density at radius 2 is 2.14 bits per heavy atom. The van der Waals surface area contributed by atoms with Gasteiger partial charge in [0.05, 0.1) is 10.6 Å². The molecular formula is C17H20N2OS. The maximum absolute atomic E-state index is 11.3. The van der Waals surface area contributed by atoms with Crippen LogP contribution in [0.3, 0.4) is 0 Å². The standard InChI is InChI=1S/C17H20N2OS/c1-11(2)16-15(10-20)21-17(18-16)19-9-12(3)8-13-6-4-5-7-14(13)19/h4-7,10-12H,8-9H2,1-3H3. The van der Waals surface area contributed by atoms with Crippen LogP contribution in [0.2, 0.25) is 0 Å². The van der Waals surface area contributed by atoms with Gasteiger partial charge in [0.2, 0.25) is 0 Å². The second-order valence-electron chi connectivity index (χ2n) is 6.07. The third kappa shape index (κ3) is 2.60. The molecule has 1 atom stereocenters. The number of rotatable bonds is 3. The summed E-state index contributed by atoms with van der Waals surface area (Å²) in [6, 6.07) is 8.50. The summed E-state index contributed by atoms with van der Waals surface area (Å²) in [7, 11) is 0. The fourth-order valence-electron chi connectivity index (χ4n) is 2.92. The molecular weight excluding hydrogens is 280 g/mol. The van der Waals surface area contributed by atoms with Crippen molar-refractivity contribution in [2.75, 3.05) is 11.4 Å². The Kier molecular flexibility index (Phi) is 3.81. The van der Waals surface area contributed by atoms with Gasteiger partial charge in [0.25, 0.3) is 0 Å². The van der Waals surface area contributed by atoms with Crippen molar-refractivity contribution in [2.45, 2.75) is 33.1 Å². The van der Waals surface area contributed by atoms with Crippen molar-refractivity contribution in [2.24, 2.45) is 5.92 Å². The SMILES string of the molecule is CC1Cc2ccccc2N(c2nc(C(C)C)c(C=O)s2)C1. The lowest BCUT2D eigenvalue weighted by Gasteiger charge is -2.32. The van der Waals surface area contributed by atoms with Crippen LogP contribution in [0.4, 0.5) is 10.8 Å². The molecule has 2 heterocycles. The molecule has 1 aliphatic rings. The predicted octanol–water partition coefficient (Wildman–Crippen LogP) is 4.41. The lowest BCUT2D eigenvalue weighted by atomic mass is 9.94. The molecule has 0 radical (unpaired) electrons. The Hall–Kier alpha value is -1.68. The third-order valence-electron chi connectivity index (χ3n) is 3.90. The summed E-state index contributed by atoms with van der Waals surface area (Å²) in [6.45, 7) is 7.39. The number of para-hydroxylation sites is 1. The number of aromatic nitrogens is 1. The van der Waals surface area contributed by atoms with Gasteiger partial charge in [0, 0.05) is 12.2 Å². The topological polar surface area (TPSA) is 33.2 Å². The number of fused-ring (bicyclic) bond motifs is 1. The molecule has 1 aromatic carbocycles. The van der Waals surface area contributed by atoms with Gasteiger partial charge in [-0.2, -0.15) is 0 Å². The molecule has 1 aromatic heterocycles. The molecule has 0 bridgehead atoms. The average molecular weight is 300 g/mol. The Balaban J connectivity index is 2.06. The smallest absolute Gasteiger partial charge is 0.190 e. The summed E-state index contributed by atoms with van der Waals surface area (Å²) in [5, 5.41) is 0.944. The summed E-state index contributed by atoms with van der Waals surface area (Å²) in [5.74, 6) is 0.860. The van der Waals surface area contributed by atoms with Crippen LogP contribution in [0, 0.1) is 5.92 Å². The van der Waals surface area contributed by atoms with Crippen LogP contribution in [-0.2, 0) is 6.42 Å². The maximum Gasteiger partial charge on any atom is 0.190 e. The molecule has 0 N–H and O–H groups in total. The van der Waals surface area contributed by atoms with Crippen LogP contribution in [0.25, 0.3) is 0 Å². The maximum atomic E-state index is 11.3. The molecule has 3 rings (SSSR count). The Morgan fingerprint density at radius 1 is 1.38 bits per heavy atom. The number of aldehydes is 1. The monoisotopic (exact) mass is 300 g/mol. The van der Waals surface area contributed by atoms with E-state index in [1.165, 1.54) is 22.6 Å². The van der Waals surface area contributed by atoms with Crippen molar-refractivity contribution in [1.29, 1.82) is 0 Å². The molecule has 2 aromatic rings. The number of benzene rings is 1. The summed E-state index contributed by atoms with van der Waals surface area (Å²) in [4.78, 5) is 19.1. The first-order valence-corrected chi connectivity index (χ1v) is 8.23. The van der Waals surface area contributed by atoms with E-state index in [-0.39, 0.29) is 5.92 Å². The third-order valence-corrected chi connectivity index (χ3v) is 4.92. The predicted molar refractivity (Wildman–Crippen MR) is 87.9 cm³/mol. The minimum Gasteiger partial charge on any atom is -0.317 e. The highest BCUT2D eigenvalue weighted by Gasteiger charge is 2.26. The summed E-state index contributed by atoms with van der Waals surface area (Å²) < 4.78 is 0. The zero-order valence-electron chi connectivity index (χ0n) is 12.7. The van der Waals surface area contributed by atoms with Crippen molar-refractivity contribution in [3.8, 4) is 0 Å². The quantitative estimate of drug-likeness (QED) is 0.787. The van der Waals surface area contributed by atoms with Crippen LogP contribution in [0.5, 0.6) is 0 Å². The molecule has 110 valence electrons. The number of carbonyl (C=O) groups excluding carboxylic acids is 1. The van der Waals surface area contributed by atoms with E-state index < -0.39 is 0 Å². The van der Waals surface area contributed by atoms with Crippen molar-refractivity contribution >= 4 is 28.4 Å². The van der Waals surface area contributed by atoms with Gasteiger partial charge in [-0.3, -0.25) is 4.79 Å². The number of hydrogen-bond acceptors (Lipinski definition) is 4. The van der Waals surface area contributed by atoms with Crippen LogP contribution < -0.4 is 4.90 Å². The van der Waals surface area contributed by atoms with Crippen LogP contribution in [0.1, 0.15) is 47.6 Å². The largest absolute Gasteiger partial charge is 0.317 e. The van der Waals surface area contributed by atoms with Crippen molar-refractivity contribution < 1.29 is 4.79 Å². The first-order chi connectivity index (χ1) is 10.1. The van der Waals surface area contributed by atoms with E-state index in [2.05, 4.69) is 49.9 Å². The van der Waals surface area contributed by atoms with Gasteiger partial charge in [0.1, 0.15) is 0 Å². The zero-order chi connectivity index (χ0) is 15.0. The first kappa shape index (κ1) is 14.3. The Labute approximate surface area is 129 Å². The molecule has 0 fully saturated rings. The second kappa shape index (κ2) is 5.60. The van der Waals surface area contributed by atoms with Gasteiger partial charge in [-0.25, -0.2) is 4.98 Å². The summed E-state index contributed by atoms with van der Waals surface area (Å²) >= 11 is 1.51. The number of nitrogens with zero attached hydrogens (tertiary/aromatic N) is 2. The molecule has 1 aliphatic heterocycles. The highest BCUT2D eigenvalue weighted by molar-refractivity contribution is 7.17.